The molecule has 8 heteroatoms. The average Bonchev–Trinajstić information content (AvgIpc) is 2.69. The highest BCUT2D eigenvalue weighted by Gasteiger charge is 2.24. The van der Waals surface area contributed by atoms with E-state index in [-0.39, 0.29) is 11.3 Å². The molecule has 7 nitrogen and oxygen atoms in total. The number of H-pyrrole nitrogens is 1. The Balaban J connectivity index is 2.82. The molecule has 0 aliphatic carbocycles. The van der Waals surface area contributed by atoms with E-state index in [4.69, 9.17) is 10.2 Å². The van der Waals surface area contributed by atoms with Gasteiger partial charge >= 0.3 is 5.97 Å². The van der Waals surface area contributed by atoms with Gasteiger partial charge in [-0.25, -0.2) is 8.42 Å². The molecule has 0 aromatic carbocycles. The van der Waals surface area contributed by atoms with Crippen molar-refractivity contribution in [2.45, 2.75) is 17.4 Å². The van der Waals surface area contributed by atoms with Crippen LogP contribution >= 0.6 is 0 Å². The summed E-state index contributed by atoms with van der Waals surface area (Å²) in [6.07, 6.45) is 2.47. The van der Waals surface area contributed by atoms with Gasteiger partial charge in [-0.3, -0.25) is 4.79 Å². The third kappa shape index (κ3) is 3.05. The van der Waals surface area contributed by atoms with Gasteiger partial charge in [0.1, 0.15) is 6.04 Å². The molecule has 4 N–H and O–H groups in total. The lowest BCUT2D eigenvalue weighted by molar-refractivity contribution is -0.139. The molecule has 0 bridgehead atoms. The lowest BCUT2D eigenvalue weighted by atomic mass is 10.2. The van der Waals surface area contributed by atoms with Gasteiger partial charge in [-0.1, -0.05) is 0 Å². The SMILES string of the molecule is O=C(O)[C@H](CCO)NS(=O)(=O)c1cc[nH]c1. The standard InChI is InChI=1S/C8H12N2O5S/c11-4-2-7(8(12)13)10-16(14,15)6-1-3-9-5-6/h1,3,5,7,9-11H,2,4H2,(H,12,13)/t7-/m0/s1. The molecule has 16 heavy (non-hydrogen) atoms. The third-order valence-corrected chi connectivity index (χ3v) is 3.36. The fraction of sp³-hybridized carbons (Fsp3) is 0.375. The van der Waals surface area contributed by atoms with E-state index in [1.807, 2.05) is 4.72 Å². The predicted molar refractivity (Wildman–Crippen MR) is 54.2 cm³/mol. The first-order valence-corrected chi connectivity index (χ1v) is 5.94. The van der Waals surface area contributed by atoms with Crippen molar-refractivity contribution in [3.05, 3.63) is 18.5 Å². The molecule has 0 spiro atoms. The Morgan fingerprint density at radius 3 is 2.69 bits per heavy atom. The van der Waals surface area contributed by atoms with Crippen LogP contribution in [-0.2, 0) is 14.8 Å². The van der Waals surface area contributed by atoms with Crippen LogP contribution in [0.2, 0.25) is 0 Å². The Hall–Kier alpha value is -1.38. The summed E-state index contributed by atoms with van der Waals surface area (Å²) in [5.74, 6) is -1.33. The first kappa shape index (κ1) is 12.7. The van der Waals surface area contributed by atoms with Gasteiger partial charge in [0, 0.05) is 19.0 Å². The van der Waals surface area contributed by atoms with Crippen LogP contribution in [0.25, 0.3) is 0 Å². The Bertz CT molecular complexity index is 439. The van der Waals surface area contributed by atoms with E-state index in [1.54, 1.807) is 0 Å². The third-order valence-electron chi connectivity index (χ3n) is 1.89. The molecular weight excluding hydrogens is 236 g/mol. The summed E-state index contributed by atoms with van der Waals surface area (Å²) in [6, 6.07) is -0.0231. The number of aliphatic carboxylic acids is 1. The van der Waals surface area contributed by atoms with Crippen molar-refractivity contribution in [1.29, 1.82) is 0 Å². The van der Waals surface area contributed by atoms with Gasteiger partial charge < -0.3 is 15.2 Å². The van der Waals surface area contributed by atoms with Crippen molar-refractivity contribution in [3.8, 4) is 0 Å². The highest BCUT2D eigenvalue weighted by atomic mass is 32.2. The van der Waals surface area contributed by atoms with Gasteiger partial charge in [0.05, 0.1) is 4.90 Å². The number of aliphatic hydroxyl groups is 1. The van der Waals surface area contributed by atoms with Gasteiger partial charge in [0.15, 0.2) is 0 Å². The maximum atomic E-state index is 11.6. The summed E-state index contributed by atoms with van der Waals surface area (Å²) in [4.78, 5) is 13.2. The number of carboxylic acids is 1. The largest absolute Gasteiger partial charge is 0.480 e. The van der Waals surface area contributed by atoms with E-state index in [0.29, 0.717) is 0 Å². The molecule has 0 fully saturated rings. The molecule has 1 heterocycles. The van der Waals surface area contributed by atoms with Crippen LogP contribution in [0.5, 0.6) is 0 Å². The molecular formula is C8H12N2O5S. The number of hydrogen-bond donors (Lipinski definition) is 4. The molecule has 0 radical (unpaired) electrons. The zero-order chi connectivity index (χ0) is 12.2. The number of carboxylic acid groups (broad SMARTS) is 1. The van der Waals surface area contributed by atoms with Crippen molar-refractivity contribution in [2.24, 2.45) is 0 Å². The Morgan fingerprint density at radius 1 is 1.56 bits per heavy atom. The molecule has 1 rings (SSSR count). The number of aromatic nitrogens is 1. The van der Waals surface area contributed by atoms with Crippen LogP contribution in [0.3, 0.4) is 0 Å². The monoisotopic (exact) mass is 248 g/mol. The summed E-state index contributed by atoms with van der Waals surface area (Å²) >= 11 is 0. The predicted octanol–water partition coefficient (Wildman–Crippen LogP) is -0.871. The molecule has 90 valence electrons. The molecule has 0 aliphatic heterocycles. The fourth-order valence-corrected chi connectivity index (χ4v) is 2.29. The van der Waals surface area contributed by atoms with E-state index in [0.717, 1.165) is 0 Å². The molecule has 0 aliphatic rings. The van der Waals surface area contributed by atoms with Crippen molar-refractivity contribution < 1.29 is 23.4 Å². The summed E-state index contributed by atoms with van der Waals surface area (Å²) in [7, 11) is -3.86. The highest BCUT2D eigenvalue weighted by Crippen LogP contribution is 2.08. The first-order chi connectivity index (χ1) is 7.47. The normalized spacial score (nSPS) is 13.6. The molecule has 1 aromatic rings. The first-order valence-electron chi connectivity index (χ1n) is 4.46. The summed E-state index contributed by atoms with van der Waals surface area (Å²) in [5, 5.41) is 17.3. The Morgan fingerprint density at radius 2 is 2.25 bits per heavy atom. The number of aromatic amines is 1. The smallest absolute Gasteiger partial charge is 0.321 e. The van der Waals surface area contributed by atoms with Crippen LogP contribution in [0.4, 0.5) is 0 Å². The highest BCUT2D eigenvalue weighted by molar-refractivity contribution is 7.89. The molecule has 0 unspecified atom stereocenters. The van der Waals surface area contributed by atoms with E-state index < -0.39 is 28.6 Å². The summed E-state index contributed by atoms with van der Waals surface area (Å²) < 4.78 is 25.2. The zero-order valence-corrected chi connectivity index (χ0v) is 9.07. The lowest BCUT2D eigenvalue weighted by Crippen LogP contribution is -2.41. The molecule has 0 saturated carbocycles. The van der Waals surface area contributed by atoms with Gasteiger partial charge in [0.2, 0.25) is 10.0 Å². The Labute approximate surface area is 92.2 Å². The maximum absolute atomic E-state index is 11.6. The Kier molecular flexibility index (Phi) is 4.05. The van der Waals surface area contributed by atoms with Gasteiger partial charge in [-0.2, -0.15) is 4.72 Å². The second-order valence-corrected chi connectivity index (χ2v) is 4.79. The van der Waals surface area contributed by atoms with E-state index in [9.17, 15) is 13.2 Å². The van der Waals surface area contributed by atoms with Crippen LogP contribution in [0.15, 0.2) is 23.4 Å². The number of aliphatic hydroxyl groups excluding tert-OH is 1. The number of sulfonamides is 1. The second kappa shape index (κ2) is 5.10. The quantitative estimate of drug-likeness (QED) is 0.521. The van der Waals surface area contributed by atoms with Crippen molar-refractivity contribution in [3.63, 3.8) is 0 Å². The second-order valence-electron chi connectivity index (χ2n) is 3.07. The van der Waals surface area contributed by atoms with Crippen molar-refractivity contribution in [1.82, 2.24) is 9.71 Å². The topological polar surface area (TPSA) is 119 Å². The molecule has 1 aromatic heterocycles. The number of nitrogens with one attached hydrogen (secondary N) is 2. The fourth-order valence-electron chi connectivity index (χ4n) is 1.09. The average molecular weight is 248 g/mol. The van der Waals surface area contributed by atoms with Gasteiger partial charge in [0.25, 0.3) is 0 Å². The minimum absolute atomic E-state index is 0.0447. The van der Waals surface area contributed by atoms with Crippen LogP contribution in [0, 0.1) is 0 Å². The van der Waals surface area contributed by atoms with E-state index >= 15 is 0 Å². The molecule has 0 saturated heterocycles. The lowest BCUT2D eigenvalue weighted by Gasteiger charge is -2.12. The minimum Gasteiger partial charge on any atom is -0.480 e. The molecule has 0 amide bonds. The van der Waals surface area contributed by atoms with Crippen LogP contribution < -0.4 is 4.72 Å². The van der Waals surface area contributed by atoms with Crippen molar-refractivity contribution >= 4 is 16.0 Å². The number of rotatable bonds is 6. The molecule has 1 atom stereocenters. The van der Waals surface area contributed by atoms with E-state index in [1.165, 1.54) is 18.5 Å². The van der Waals surface area contributed by atoms with Crippen LogP contribution in [-0.4, -0.2) is 42.2 Å². The van der Waals surface area contributed by atoms with Crippen molar-refractivity contribution in [2.75, 3.05) is 6.61 Å². The van der Waals surface area contributed by atoms with Gasteiger partial charge in [-0.05, 0) is 12.5 Å². The maximum Gasteiger partial charge on any atom is 0.321 e. The number of hydrogen-bond acceptors (Lipinski definition) is 4. The minimum atomic E-state index is -3.86. The zero-order valence-electron chi connectivity index (χ0n) is 8.25. The summed E-state index contributed by atoms with van der Waals surface area (Å²) in [6.45, 7) is -0.410. The van der Waals surface area contributed by atoms with E-state index in [2.05, 4.69) is 4.98 Å². The van der Waals surface area contributed by atoms with Crippen LogP contribution in [0.1, 0.15) is 6.42 Å². The summed E-state index contributed by atoms with van der Waals surface area (Å²) in [5.41, 5.74) is 0. The number of carbonyl (C=O) groups is 1. The van der Waals surface area contributed by atoms with Gasteiger partial charge in [-0.15, -0.1) is 0 Å².